The summed E-state index contributed by atoms with van der Waals surface area (Å²) in [6.07, 6.45) is 0. The first kappa shape index (κ1) is 12.0. The third-order valence-corrected chi connectivity index (χ3v) is 2.70. The van der Waals surface area contributed by atoms with E-state index < -0.39 is 11.9 Å². The Morgan fingerprint density at radius 2 is 2.06 bits per heavy atom. The predicted molar refractivity (Wildman–Crippen MR) is 66.3 cm³/mol. The normalized spacial score (nSPS) is 10.3. The van der Waals surface area contributed by atoms with Crippen molar-refractivity contribution in [3.63, 3.8) is 0 Å². The number of esters is 1. The second kappa shape index (κ2) is 4.44. The quantitative estimate of drug-likeness (QED) is 0.810. The molecule has 1 aromatic carbocycles. The van der Waals surface area contributed by atoms with Crippen LogP contribution < -0.4 is 5.73 Å². The monoisotopic (exact) mass is 244 g/mol. The third kappa shape index (κ3) is 1.90. The number of hydrogen-bond acceptors (Lipinski definition) is 4. The van der Waals surface area contributed by atoms with Gasteiger partial charge in [0.05, 0.1) is 18.2 Å². The van der Waals surface area contributed by atoms with Gasteiger partial charge in [-0.3, -0.25) is 4.79 Å². The van der Waals surface area contributed by atoms with Crippen LogP contribution in [0.25, 0.3) is 10.9 Å². The van der Waals surface area contributed by atoms with Crippen LogP contribution in [0.3, 0.4) is 0 Å². The molecule has 2 N–H and O–H groups in total. The lowest BCUT2D eigenvalue weighted by Gasteiger charge is -2.08. The van der Waals surface area contributed by atoms with Crippen LogP contribution in [0.4, 0.5) is 0 Å². The number of benzene rings is 1. The molecule has 5 nitrogen and oxygen atoms in total. The highest BCUT2D eigenvalue weighted by atomic mass is 16.5. The standard InChI is InChI=1S/C13H12N2O3/c1-7-4-3-5-8-9(13(17)18-2)6-10(12(14)16)15-11(7)8/h3-6H,1-2H3,(H2,14,16). The highest BCUT2D eigenvalue weighted by Crippen LogP contribution is 2.22. The zero-order valence-electron chi connectivity index (χ0n) is 10.1. The zero-order valence-corrected chi connectivity index (χ0v) is 10.1. The number of nitrogens with two attached hydrogens (primary N) is 1. The summed E-state index contributed by atoms with van der Waals surface area (Å²) < 4.78 is 4.70. The van der Waals surface area contributed by atoms with E-state index in [2.05, 4.69) is 4.98 Å². The summed E-state index contributed by atoms with van der Waals surface area (Å²) >= 11 is 0. The molecule has 1 aromatic heterocycles. The van der Waals surface area contributed by atoms with Crippen LogP contribution in [-0.2, 0) is 4.74 Å². The van der Waals surface area contributed by atoms with Crippen LogP contribution in [0.5, 0.6) is 0 Å². The molecule has 0 spiro atoms. The van der Waals surface area contributed by atoms with E-state index in [1.807, 2.05) is 19.1 Å². The number of carbonyl (C=O) groups is 2. The van der Waals surface area contributed by atoms with E-state index in [9.17, 15) is 9.59 Å². The largest absolute Gasteiger partial charge is 0.465 e. The summed E-state index contributed by atoms with van der Waals surface area (Å²) in [6, 6.07) is 6.78. The van der Waals surface area contributed by atoms with E-state index in [4.69, 9.17) is 10.5 Å². The van der Waals surface area contributed by atoms with Gasteiger partial charge in [-0.15, -0.1) is 0 Å². The van der Waals surface area contributed by atoms with E-state index in [1.54, 1.807) is 6.07 Å². The first-order valence-corrected chi connectivity index (χ1v) is 5.33. The Morgan fingerprint density at radius 1 is 1.33 bits per heavy atom. The molecule has 1 amide bonds. The highest BCUT2D eigenvalue weighted by molar-refractivity contribution is 6.06. The zero-order chi connectivity index (χ0) is 13.3. The van der Waals surface area contributed by atoms with Gasteiger partial charge in [0, 0.05) is 5.39 Å². The predicted octanol–water partition coefficient (Wildman–Crippen LogP) is 1.43. The Kier molecular flexibility index (Phi) is 2.97. The molecule has 0 aliphatic carbocycles. The molecule has 18 heavy (non-hydrogen) atoms. The minimum atomic E-state index is -0.676. The van der Waals surface area contributed by atoms with Crippen LogP contribution in [-0.4, -0.2) is 24.0 Å². The number of rotatable bonds is 2. The van der Waals surface area contributed by atoms with Crippen molar-refractivity contribution in [3.8, 4) is 0 Å². The highest BCUT2D eigenvalue weighted by Gasteiger charge is 2.16. The molecule has 0 aliphatic heterocycles. The molecule has 92 valence electrons. The van der Waals surface area contributed by atoms with Crippen molar-refractivity contribution in [3.05, 3.63) is 41.1 Å². The number of nitrogens with zero attached hydrogens (tertiary/aromatic N) is 1. The van der Waals surface area contributed by atoms with Crippen LogP contribution in [0.1, 0.15) is 26.4 Å². The number of pyridine rings is 1. The summed E-state index contributed by atoms with van der Waals surface area (Å²) in [4.78, 5) is 27.1. The maximum Gasteiger partial charge on any atom is 0.338 e. The molecule has 0 fully saturated rings. The van der Waals surface area contributed by atoms with E-state index in [1.165, 1.54) is 13.2 Å². The fourth-order valence-electron chi connectivity index (χ4n) is 1.80. The van der Waals surface area contributed by atoms with Crippen molar-refractivity contribution in [2.24, 2.45) is 5.73 Å². The van der Waals surface area contributed by atoms with Gasteiger partial charge >= 0.3 is 5.97 Å². The summed E-state index contributed by atoms with van der Waals surface area (Å²) in [5, 5.41) is 0.645. The number of carbonyl (C=O) groups excluding carboxylic acids is 2. The van der Waals surface area contributed by atoms with Gasteiger partial charge in [0.25, 0.3) is 5.91 Å². The van der Waals surface area contributed by atoms with Crippen molar-refractivity contribution < 1.29 is 14.3 Å². The Morgan fingerprint density at radius 3 is 2.67 bits per heavy atom. The number of primary amides is 1. The number of fused-ring (bicyclic) bond motifs is 1. The summed E-state index contributed by atoms with van der Waals surface area (Å²) in [5.74, 6) is -1.19. The SMILES string of the molecule is COC(=O)c1cc(C(N)=O)nc2c(C)cccc12. The molecule has 1 heterocycles. The van der Waals surface area contributed by atoms with Crippen molar-refractivity contribution in [2.75, 3.05) is 7.11 Å². The second-order valence-corrected chi connectivity index (χ2v) is 3.88. The van der Waals surface area contributed by atoms with Crippen molar-refractivity contribution >= 4 is 22.8 Å². The van der Waals surface area contributed by atoms with E-state index in [0.29, 0.717) is 16.5 Å². The van der Waals surface area contributed by atoms with Gasteiger partial charge in [-0.25, -0.2) is 9.78 Å². The maximum atomic E-state index is 11.7. The average molecular weight is 244 g/mol. The molecule has 0 radical (unpaired) electrons. The average Bonchev–Trinajstić information content (AvgIpc) is 2.37. The fraction of sp³-hybridized carbons (Fsp3) is 0.154. The fourth-order valence-corrected chi connectivity index (χ4v) is 1.80. The topological polar surface area (TPSA) is 82.3 Å². The first-order chi connectivity index (χ1) is 8.54. The Hall–Kier alpha value is -2.43. The van der Waals surface area contributed by atoms with E-state index >= 15 is 0 Å². The molecule has 2 rings (SSSR count). The van der Waals surface area contributed by atoms with Gasteiger partial charge < -0.3 is 10.5 Å². The van der Waals surface area contributed by atoms with Crippen molar-refractivity contribution in [1.29, 1.82) is 0 Å². The van der Waals surface area contributed by atoms with Gasteiger partial charge in [-0.1, -0.05) is 18.2 Å². The lowest BCUT2D eigenvalue weighted by Crippen LogP contribution is -2.15. The smallest absolute Gasteiger partial charge is 0.338 e. The number of ether oxygens (including phenoxy) is 1. The van der Waals surface area contributed by atoms with Gasteiger partial charge in [-0.2, -0.15) is 0 Å². The Labute approximate surface area is 104 Å². The van der Waals surface area contributed by atoms with Crippen LogP contribution in [0.2, 0.25) is 0 Å². The summed E-state index contributed by atoms with van der Waals surface area (Å²) in [7, 11) is 1.29. The van der Waals surface area contributed by atoms with Gasteiger partial charge in [0.1, 0.15) is 5.69 Å². The maximum absolute atomic E-state index is 11.7. The number of hydrogen-bond donors (Lipinski definition) is 1. The minimum Gasteiger partial charge on any atom is -0.465 e. The van der Waals surface area contributed by atoms with Crippen molar-refractivity contribution in [2.45, 2.75) is 6.92 Å². The molecular formula is C13H12N2O3. The van der Waals surface area contributed by atoms with Crippen LogP contribution >= 0.6 is 0 Å². The third-order valence-electron chi connectivity index (χ3n) is 2.70. The van der Waals surface area contributed by atoms with Crippen LogP contribution in [0.15, 0.2) is 24.3 Å². The van der Waals surface area contributed by atoms with Gasteiger partial charge in [0.15, 0.2) is 0 Å². The second-order valence-electron chi connectivity index (χ2n) is 3.88. The lowest BCUT2D eigenvalue weighted by molar-refractivity contribution is 0.0603. The Balaban J connectivity index is 2.85. The van der Waals surface area contributed by atoms with E-state index in [0.717, 1.165) is 5.56 Å². The number of aromatic nitrogens is 1. The molecule has 0 atom stereocenters. The Bertz CT molecular complexity index is 650. The summed E-state index contributed by atoms with van der Waals surface area (Å²) in [6.45, 7) is 1.85. The number of para-hydroxylation sites is 1. The van der Waals surface area contributed by atoms with E-state index in [-0.39, 0.29) is 5.69 Å². The molecule has 0 saturated heterocycles. The lowest BCUT2D eigenvalue weighted by atomic mass is 10.0. The first-order valence-electron chi connectivity index (χ1n) is 5.33. The number of methoxy groups -OCH3 is 1. The van der Waals surface area contributed by atoms with Gasteiger partial charge in [0.2, 0.25) is 0 Å². The molecular weight excluding hydrogens is 232 g/mol. The molecule has 0 unspecified atom stereocenters. The molecule has 2 aromatic rings. The molecule has 0 aliphatic rings. The van der Waals surface area contributed by atoms with Crippen molar-refractivity contribution in [1.82, 2.24) is 4.98 Å². The van der Waals surface area contributed by atoms with Gasteiger partial charge in [-0.05, 0) is 18.6 Å². The summed E-state index contributed by atoms with van der Waals surface area (Å²) in [5.41, 5.74) is 7.00. The number of amides is 1. The number of aryl methyl sites for hydroxylation is 1. The molecule has 0 bridgehead atoms. The minimum absolute atomic E-state index is 0.0530. The molecule has 0 saturated carbocycles. The van der Waals surface area contributed by atoms with Crippen LogP contribution in [0, 0.1) is 6.92 Å². The molecule has 5 heteroatoms.